The minimum absolute atomic E-state index is 0.738. The van der Waals surface area contributed by atoms with Gasteiger partial charge in [-0.25, -0.2) is 0 Å². The van der Waals surface area contributed by atoms with Gasteiger partial charge in [0, 0.05) is 18.6 Å². The largest absolute Gasteiger partial charge is 0.314 e. The first-order valence-corrected chi connectivity index (χ1v) is 8.23. The molecule has 2 nitrogen and oxygen atoms in total. The molecule has 2 heteroatoms. The van der Waals surface area contributed by atoms with Crippen LogP contribution in [0.4, 0.5) is 0 Å². The lowest BCUT2D eigenvalue weighted by Gasteiger charge is -2.26. The zero-order valence-electron chi connectivity index (χ0n) is 12.5. The summed E-state index contributed by atoms with van der Waals surface area (Å²) < 4.78 is 0. The van der Waals surface area contributed by atoms with Crippen LogP contribution in [0.25, 0.3) is 0 Å². The smallest absolute Gasteiger partial charge is 0.00682 e. The maximum absolute atomic E-state index is 3.60. The van der Waals surface area contributed by atoms with E-state index >= 15 is 0 Å². The summed E-state index contributed by atoms with van der Waals surface area (Å²) in [6, 6.07) is 1.63. The quantitative estimate of drug-likeness (QED) is 0.567. The van der Waals surface area contributed by atoms with Crippen molar-refractivity contribution >= 4 is 0 Å². The van der Waals surface area contributed by atoms with Gasteiger partial charge in [-0.1, -0.05) is 12.8 Å². The summed E-state index contributed by atoms with van der Waals surface area (Å²) in [7, 11) is 0. The molecular weight excluding hydrogens is 220 g/mol. The fourth-order valence-electron chi connectivity index (χ4n) is 2.58. The average molecular weight is 252 g/mol. The van der Waals surface area contributed by atoms with Gasteiger partial charge in [0.15, 0.2) is 0 Å². The number of nitrogens with zero attached hydrogens (tertiary/aromatic N) is 1. The van der Waals surface area contributed by atoms with E-state index in [-0.39, 0.29) is 0 Å². The van der Waals surface area contributed by atoms with Crippen molar-refractivity contribution < 1.29 is 0 Å². The van der Waals surface area contributed by atoms with Crippen molar-refractivity contribution in [1.29, 1.82) is 0 Å². The standard InChI is InChI=1S/C16H32N2/c1-14(2)18(13-15-7-8-15)12-6-4-3-5-11-17-16-9-10-16/h14-17H,3-13H2,1-2H3. The number of nitrogens with one attached hydrogen (secondary N) is 1. The molecule has 0 aliphatic heterocycles. The minimum atomic E-state index is 0.738. The van der Waals surface area contributed by atoms with Crippen molar-refractivity contribution in [3.05, 3.63) is 0 Å². The van der Waals surface area contributed by atoms with Crippen LogP contribution < -0.4 is 5.32 Å². The molecule has 2 rings (SSSR count). The van der Waals surface area contributed by atoms with Crippen LogP contribution in [0.1, 0.15) is 65.2 Å². The summed E-state index contributed by atoms with van der Waals surface area (Å²) in [4.78, 5) is 2.69. The normalized spacial score (nSPS) is 20.0. The van der Waals surface area contributed by atoms with Crippen LogP contribution in [0.15, 0.2) is 0 Å². The molecule has 0 aromatic rings. The van der Waals surface area contributed by atoms with Gasteiger partial charge in [-0.15, -0.1) is 0 Å². The zero-order chi connectivity index (χ0) is 12.8. The molecule has 0 aromatic heterocycles. The highest BCUT2D eigenvalue weighted by Crippen LogP contribution is 2.30. The van der Waals surface area contributed by atoms with Gasteiger partial charge in [0.05, 0.1) is 0 Å². The number of unbranched alkanes of at least 4 members (excludes halogenated alkanes) is 3. The lowest BCUT2D eigenvalue weighted by molar-refractivity contribution is 0.208. The van der Waals surface area contributed by atoms with Crippen LogP contribution in [0.3, 0.4) is 0 Å². The second kappa shape index (κ2) is 7.49. The Bertz CT molecular complexity index is 219. The van der Waals surface area contributed by atoms with Crippen LogP contribution in [0, 0.1) is 5.92 Å². The van der Waals surface area contributed by atoms with Crippen molar-refractivity contribution in [3.8, 4) is 0 Å². The van der Waals surface area contributed by atoms with Gasteiger partial charge >= 0.3 is 0 Å². The van der Waals surface area contributed by atoms with Gasteiger partial charge in [0.25, 0.3) is 0 Å². The fourth-order valence-corrected chi connectivity index (χ4v) is 2.58. The van der Waals surface area contributed by atoms with E-state index in [1.54, 1.807) is 0 Å². The lowest BCUT2D eigenvalue weighted by Crippen LogP contribution is -2.33. The Morgan fingerprint density at radius 1 is 1.00 bits per heavy atom. The molecule has 0 aromatic carbocycles. The molecule has 0 unspecified atom stereocenters. The molecule has 0 bridgehead atoms. The van der Waals surface area contributed by atoms with Crippen LogP contribution in [0.5, 0.6) is 0 Å². The number of hydrogen-bond acceptors (Lipinski definition) is 2. The minimum Gasteiger partial charge on any atom is -0.314 e. The van der Waals surface area contributed by atoms with E-state index in [0.717, 1.165) is 18.0 Å². The number of hydrogen-bond donors (Lipinski definition) is 1. The first-order valence-electron chi connectivity index (χ1n) is 8.23. The van der Waals surface area contributed by atoms with E-state index in [9.17, 15) is 0 Å². The van der Waals surface area contributed by atoms with Crippen LogP contribution >= 0.6 is 0 Å². The summed E-state index contributed by atoms with van der Waals surface area (Å²) in [5, 5.41) is 3.60. The highest BCUT2D eigenvalue weighted by molar-refractivity contribution is 4.80. The van der Waals surface area contributed by atoms with Gasteiger partial charge < -0.3 is 10.2 Å². The Morgan fingerprint density at radius 2 is 1.72 bits per heavy atom. The van der Waals surface area contributed by atoms with Gasteiger partial charge in [-0.05, 0) is 71.4 Å². The van der Waals surface area contributed by atoms with Crippen molar-refractivity contribution in [3.63, 3.8) is 0 Å². The van der Waals surface area contributed by atoms with E-state index < -0.39 is 0 Å². The van der Waals surface area contributed by atoms with Crippen molar-refractivity contribution in [1.82, 2.24) is 10.2 Å². The lowest BCUT2D eigenvalue weighted by atomic mass is 10.1. The molecule has 1 N–H and O–H groups in total. The highest BCUT2D eigenvalue weighted by atomic mass is 15.1. The Kier molecular flexibility index (Phi) is 5.97. The Balaban J connectivity index is 1.41. The van der Waals surface area contributed by atoms with Crippen molar-refractivity contribution in [2.45, 2.75) is 77.3 Å². The molecule has 0 saturated heterocycles. The zero-order valence-corrected chi connectivity index (χ0v) is 12.5. The molecule has 0 amide bonds. The maximum Gasteiger partial charge on any atom is 0.00682 e. The van der Waals surface area contributed by atoms with Gasteiger partial charge in [-0.2, -0.15) is 0 Å². The fraction of sp³-hybridized carbons (Fsp3) is 1.00. The summed E-state index contributed by atoms with van der Waals surface area (Å²) in [5.74, 6) is 1.04. The Labute approximate surface area is 114 Å². The molecule has 2 saturated carbocycles. The molecular formula is C16H32N2. The van der Waals surface area contributed by atoms with Gasteiger partial charge in [0.1, 0.15) is 0 Å². The Morgan fingerprint density at radius 3 is 2.33 bits per heavy atom. The van der Waals surface area contributed by atoms with E-state index in [1.165, 1.54) is 71.0 Å². The van der Waals surface area contributed by atoms with Gasteiger partial charge in [0.2, 0.25) is 0 Å². The predicted molar refractivity (Wildman–Crippen MR) is 78.9 cm³/mol. The summed E-state index contributed by atoms with van der Waals surface area (Å²) in [6.07, 6.45) is 11.4. The molecule has 0 atom stereocenters. The maximum atomic E-state index is 3.60. The molecule has 0 radical (unpaired) electrons. The third-order valence-electron chi connectivity index (χ3n) is 4.30. The topological polar surface area (TPSA) is 15.3 Å². The van der Waals surface area contributed by atoms with Crippen LogP contribution in [-0.2, 0) is 0 Å². The third-order valence-corrected chi connectivity index (χ3v) is 4.30. The summed E-state index contributed by atoms with van der Waals surface area (Å²) in [6.45, 7) is 8.63. The van der Waals surface area contributed by atoms with Crippen LogP contribution in [-0.4, -0.2) is 36.6 Å². The molecule has 0 spiro atoms. The van der Waals surface area contributed by atoms with Crippen molar-refractivity contribution in [2.75, 3.05) is 19.6 Å². The van der Waals surface area contributed by atoms with Crippen molar-refractivity contribution in [2.24, 2.45) is 5.92 Å². The molecule has 106 valence electrons. The third kappa shape index (κ3) is 6.19. The molecule has 0 heterocycles. The highest BCUT2D eigenvalue weighted by Gasteiger charge is 2.25. The molecule has 2 fully saturated rings. The summed E-state index contributed by atoms with van der Waals surface area (Å²) >= 11 is 0. The first kappa shape index (κ1) is 14.3. The van der Waals surface area contributed by atoms with E-state index in [4.69, 9.17) is 0 Å². The molecule has 18 heavy (non-hydrogen) atoms. The van der Waals surface area contributed by atoms with Crippen LogP contribution in [0.2, 0.25) is 0 Å². The average Bonchev–Trinajstić information content (AvgIpc) is 3.20. The van der Waals surface area contributed by atoms with E-state index in [2.05, 4.69) is 24.1 Å². The van der Waals surface area contributed by atoms with E-state index in [0.29, 0.717) is 0 Å². The predicted octanol–water partition coefficient (Wildman–Crippen LogP) is 3.42. The SMILES string of the molecule is CC(C)N(CCCCCCNC1CC1)CC1CC1. The van der Waals surface area contributed by atoms with Gasteiger partial charge in [-0.3, -0.25) is 0 Å². The molecule has 2 aliphatic carbocycles. The number of rotatable bonds is 11. The second-order valence-corrected chi connectivity index (χ2v) is 6.67. The molecule has 2 aliphatic rings. The Hall–Kier alpha value is -0.0800. The first-order chi connectivity index (χ1) is 8.75. The monoisotopic (exact) mass is 252 g/mol. The second-order valence-electron chi connectivity index (χ2n) is 6.67. The van der Waals surface area contributed by atoms with E-state index in [1.807, 2.05) is 0 Å². The summed E-state index contributed by atoms with van der Waals surface area (Å²) in [5.41, 5.74) is 0.